The highest BCUT2D eigenvalue weighted by molar-refractivity contribution is 7.99. The molecule has 0 unspecified atom stereocenters. The van der Waals surface area contributed by atoms with Gasteiger partial charge in [0.05, 0.1) is 35.5 Å². The van der Waals surface area contributed by atoms with E-state index in [1.165, 1.54) is 9.47 Å². The highest BCUT2D eigenvalue weighted by Gasteiger charge is 2.19. The fourth-order valence-corrected chi connectivity index (χ4v) is 4.66. The zero-order valence-electron chi connectivity index (χ0n) is 20.9. The van der Waals surface area contributed by atoms with Crippen LogP contribution >= 0.6 is 11.8 Å². The molecule has 0 aliphatic carbocycles. The van der Waals surface area contributed by atoms with Crippen molar-refractivity contribution in [3.05, 3.63) is 88.7 Å². The maximum Gasteiger partial charge on any atom is 0.266 e. The van der Waals surface area contributed by atoms with Gasteiger partial charge in [0.2, 0.25) is 11.8 Å². The Hall–Kier alpha value is -4.11. The average Bonchev–Trinajstić information content (AvgIpc) is 2.89. The molecule has 0 saturated heterocycles. The first kappa shape index (κ1) is 26.0. The van der Waals surface area contributed by atoms with Gasteiger partial charge in [-0.2, -0.15) is 0 Å². The molecule has 190 valence electrons. The number of ether oxygens (including phenoxy) is 1. The minimum atomic E-state index is -0.295. The molecular formula is C28H28N4O4S. The van der Waals surface area contributed by atoms with Crippen molar-refractivity contribution in [1.29, 1.82) is 0 Å². The topological polar surface area (TPSA) is 93.5 Å². The molecule has 37 heavy (non-hydrogen) atoms. The van der Waals surface area contributed by atoms with Crippen LogP contribution in [0.5, 0.6) is 5.75 Å². The summed E-state index contributed by atoms with van der Waals surface area (Å²) in [4.78, 5) is 44.9. The van der Waals surface area contributed by atoms with E-state index in [4.69, 9.17) is 4.74 Å². The zero-order valence-corrected chi connectivity index (χ0v) is 21.7. The second-order valence-electron chi connectivity index (χ2n) is 8.41. The molecule has 1 aromatic heterocycles. The lowest BCUT2D eigenvalue weighted by atomic mass is 10.2. The number of aromatic nitrogens is 2. The van der Waals surface area contributed by atoms with Gasteiger partial charge >= 0.3 is 0 Å². The third kappa shape index (κ3) is 6.18. The van der Waals surface area contributed by atoms with Gasteiger partial charge in [-0.15, -0.1) is 0 Å². The Morgan fingerprint density at radius 1 is 1.03 bits per heavy atom. The summed E-state index contributed by atoms with van der Waals surface area (Å²) in [6, 6.07) is 21.8. The van der Waals surface area contributed by atoms with Crippen LogP contribution in [0.1, 0.15) is 12.5 Å². The van der Waals surface area contributed by atoms with Crippen molar-refractivity contribution in [1.82, 2.24) is 14.5 Å². The van der Waals surface area contributed by atoms with Gasteiger partial charge in [0.15, 0.2) is 5.16 Å². The van der Waals surface area contributed by atoms with Crippen molar-refractivity contribution in [2.45, 2.75) is 19.0 Å². The number of benzene rings is 3. The van der Waals surface area contributed by atoms with Gasteiger partial charge < -0.3 is 15.0 Å². The van der Waals surface area contributed by atoms with E-state index in [2.05, 4.69) is 10.3 Å². The monoisotopic (exact) mass is 516 g/mol. The maximum atomic E-state index is 13.5. The minimum Gasteiger partial charge on any atom is -0.492 e. The first-order valence-corrected chi connectivity index (χ1v) is 12.8. The highest BCUT2D eigenvalue weighted by Crippen LogP contribution is 2.27. The summed E-state index contributed by atoms with van der Waals surface area (Å²) in [5.74, 6) is -0.0231. The third-order valence-electron chi connectivity index (χ3n) is 5.62. The number of amides is 2. The summed E-state index contributed by atoms with van der Waals surface area (Å²) in [7, 11) is 1.57. The molecule has 0 saturated carbocycles. The Bertz CT molecular complexity index is 1480. The average molecular weight is 517 g/mol. The first-order valence-electron chi connectivity index (χ1n) is 11.8. The summed E-state index contributed by atoms with van der Waals surface area (Å²) >= 11 is 1.14. The quantitative estimate of drug-likeness (QED) is 0.264. The fourth-order valence-electron chi connectivity index (χ4n) is 3.72. The van der Waals surface area contributed by atoms with Crippen molar-refractivity contribution in [2.24, 2.45) is 0 Å². The van der Waals surface area contributed by atoms with Gasteiger partial charge in [-0.25, -0.2) is 4.98 Å². The fraction of sp³-hybridized carbons (Fsp3) is 0.214. The van der Waals surface area contributed by atoms with Crippen molar-refractivity contribution in [3.8, 4) is 11.4 Å². The number of hydrogen-bond donors (Lipinski definition) is 1. The number of thioether (sulfide) groups is 1. The van der Waals surface area contributed by atoms with Crippen molar-refractivity contribution >= 4 is 40.2 Å². The van der Waals surface area contributed by atoms with Gasteiger partial charge in [-0.1, -0.05) is 53.7 Å². The number of likely N-dealkylation sites (N-methyl/N-ethyl adjacent to an activating group) is 1. The van der Waals surface area contributed by atoms with E-state index in [0.29, 0.717) is 39.8 Å². The molecule has 0 spiro atoms. The van der Waals surface area contributed by atoms with Crippen LogP contribution in [0.4, 0.5) is 5.69 Å². The molecule has 4 rings (SSSR count). The second kappa shape index (κ2) is 11.7. The number of nitrogens with one attached hydrogen (secondary N) is 1. The maximum absolute atomic E-state index is 13.5. The predicted molar refractivity (Wildman–Crippen MR) is 147 cm³/mol. The van der Waals surface area contributed by atoms with E-state index in [1.54, 1.807) is 37.4 Å². The molecule has 8 nitrogen and oxygen atoms in total. The predicted octanol–water partition coefficient (Wildman–Crippen LogP) is 4.28. The number of carbonyl (C=O) groups excluding carboxylic acids is 2. The molecule has 0 fully saturated rings. The summed E-state index contributed by atoms with van der Waals surface area (Å²) in [6.45, 7) is 4.17. The second-order valence-corrected chi connectivity index (χ2v) is 9.35. The number of anilines is 1. The third-order valence-corrected chi connectivity index (χ3v) is 6.54. The molecule has 0 atom stereocenters. The molecule has 1 heterocycles. The van der Waals surface area contributed by atoms with E-state index in [-0.39, 0.29) is 29.7 Å². The summed E-state index contributed by atoms with van der Waals surface area (Å²) < 4.78 is 7.24. The van der Waals surface area contributed by atoms with E-state index < -0.39 is 0 Å². The van der Waals surface area contributed by atoms with E-state index in [0.717, 1.165) is 17.3 Å². The lowest BCUT2D eigenvalue weighted by Gasteiger charge is -2.18. The number of hydrogen-bond acceptors (Lipinski definition) is 6. The molecule has 9 heteroatoms. The van der Waals surface area contributed by atoms with E-state index in [9.17, 15) is 14.4 Å². The number of fused-ring (bicyclic) bond motifs is 1. The SMILES string of the molecule is CCOc1ccccc1-n1c(SCC(=O)N(C)CC(=O)Nc2ccc(C)cc2)nc2ccccc2c1=O. The van der Waals surface area contributed by atoms with Gasteiger partial charge in [0, 0.05) is 12.7 Å². The molecular weight excluding hydrogens is 488 g/mol. The molecule has 0 aliphatic heterocycles. The van der Waals surface area contributed by atoms with Gasteiger partial charge in [0.25, 0.3) is 5.56 Å². The van der Waals surface area contributed by atoms with E-state index in [1.807, 2.05) is 56.3 Å². The van der Waals surface area contributed by atoms with Crippen LogP contribution in [-0.4, -0.2) is 52.2 Å². The lowest BCUT2D eigenvalue weighted by molar-refractivity contribution is -0.131. The van der Waals surface area contributed by atoms with Crippen LogP contribution in [0.15, 0.2) is 82.7 Å². The van der Waals surface area contributed by atoms with Crippen LogP contribution in [-0.2, 0) is 9.59 Å². The van der Waals surface area contributed by atoms with Gasteiger partial charge in [-0.3, -0.25) is 19.0 Å². The summed E-state index contributed by atoms with van der Waals surface area (Å²) in [6.07, 6.45) is 0. The molecule has 0 bridgehead atoms. The number of para-hydroxylation sites is 3. The van der Waals surface area contributed by atoms with E-state index >= 15 is 0 Å². The smallest absolute Gasteiger partial charge is 0.266 e. The normalized spacial score (nSPS) is 10.8. The Labute approximate surface area is 219 Å². The Balaban J connectivity index is 1.55. The number of carbonyl (C=O) groups is 2. The Morgan fingerprint density at radius 2 is 1.73 bits per heavy atom. The standard InChI is InChI=1S/C28H28N4O4S/c1-4-36-24-12-8-7-11-23(24)32-27(35)21-9-5-6-10-22(21)30-28(32)37-18-26(34)31(3)17-25(33)29-20-15-13-19(2)14-16-20/h5-16H,4,17-18H2,1-3H3,(H,29,33). The first-order chi connectivity index (χ1) is 17.9. The van der Waals surface area contributed by atoms with Crippen LogP contribution in [0.25, 0.3) is 16.6 Å². The van der Waals surface area contributed by atoms with Crippen molar-refractivity contribution in [3.63, 3.8) is 0 Å². The van der Waals surface area contributed by atoms with Crippen molar-refractivity contribution < 1.29 is 14.3 Å². The van der Waals surface area contributed by atoms with Crippen LogP contribution in [0.3, 0.4) is 0 Å². The van der Waals surface area contributed by atoms with Crippen LogP contribution in [0.2, 0.25) is 0 Å². The lowest BCUT2D eigenvalue weighted by Crippen LogP contribution is -2.36. The Morgan fingerprint density at radius 3 is 2.49 bits per heavy atom. The van der Waals surface area contributed by atoms with Crippen molar-refractivity contribution in [2.75, 3.05) is 31.3 Å². The van der Waals surface area contributed by atoms with Gasteiger partial charge in [-0.05, 0) is 50.2 Å². The molecule has 2 amide bonds. The molecule has 0 aliphatic rings. The zero-order chi connectivity index (χ0) is 26.4. The summed E-state index contributed by atoms with van der Waals surface area (Å²) in [5, 5.41) is 3.62. The van der Waals surface area contributed by atoms with Crippen LogP contribution < -0.4 is 15.6 Å². The molecule has 0 radical (unpaired) electrons. The van der Waals surface area contributed by atoms with Gasteiger partial charge in [0.1, 0.15) is 5.75 Å². The Kier molecular flexibility index (Phi) is 8.25. The van der Waals surface area contributed by atoms with Crippen LogP contribution in [0, 0.1) is 6.92 Å². The summed E-state index contributed by atoms with van der Waals surface area (Å²) in [5.41, 5.74) is 2.60. The molecule has 1 N–H and O–H groups in total. The number of aryl methyl sites for hydroxylation is 1. The largest absolute Gasteiger partial charge is 0.492 e. The minimum absolute atomic E-state index is 0.00407. The molecule has 3 aromatic carbocycles. The highest BCUT2D eigenvalue weighted by atomic mass is 32.2. The molecule has 4 aromatic rings. The number of nitrogens with zero attached hydrogens (tertiary/aromatic N) is 3. The number of rotatable bonds is 9.